The van der Waals surface area contributed by atoms with E-state index < -0.39 is 5.97 Å². The van der Waals surface area contributed by atoms with Crippen LogP contribution in [0.5, 0.6) is 0 Å². The monoisotopic (exact) mass is 212 g/mol. The summed E-state index contributed by atoms with van der Waals surface area (Å²) in [6.07, 6.45) is 0.772. The van der Waals surface area contributed by atoms with Crippen LogP contribution in [0.4, 0.5) is 5.69 Å². The maximum Gasteiger partial charge on any atom is 0.348 e. The van der Waals surface area contributed by atoms with E-state index in [2.05, 4.69) is 10.5 Å². The Hall–Kier alpha value is -1.55. The van der Waals surface area contributed by atoms with Crippen LogP contribution in [0, 0.1) is 6.92 Å². The minimum absolute atomic E-state index is 0.612. The highest BCUT2D eigenvalue weighted by Gasteiger charge is 1.96. The molecule has 0 fully saturated rings. The number of nitrogens with zero attached hydrogens (tertiary/aromatic N) is 1. The van der Waals surface area contributed by atoms with E-state index in [4.69, 9.17) is 16.7 Å². The molecule has 0 heterocycles. The van der Waals surface area contributed by atoms with Crippen LogP contribution in [0.1, 0.15) is 5.56 Å². The molecule has 0 unspecified atom stereocenters. The third-order valence-corrected chi connectivity index (χ3v) is 1.95. The number of aliphatic carboxylic acids is 1. The normalized spacial score (nSPS) is 10.4. The van der Waals surface area contributed by atoms with Gasteiger partial charge in [0.05, 0.1) is 5.69 Å². The molecule has 14 heavy (non-hydrogen) atoms. The largest absolute Gasteiger partial charge is 0.477 e. The molecule has 5 heteroatoms. The van der Waals surface area contributed by atoms with Crippen molar-refractivity contribution in [2.45, 2.75) is 6.92 Å². The van der Waals surface area contributed by atoms with Crippen molar-refractivity contribution in [3.63, 3.8) is 0 Å². The minimum Gasteiger partial charge on any atom is -0.477 e. The van der Waals surface area contributed by atoms with Crippen molar-refractivity contribution in [2.75, 3.05) is 5.43 Å². The van der Waals surface area contributed by atoms with Crippen LogP contribution in [0.2, 0.25) is 5.02 Å². The Morgan fingerprint density at radius 2 is 2.36 bits per heavy atom. The number of carboxylic acids is 1. The van der Waals surface area contributed by atoms with Crippen molar-refractivity contribution in [3.8, 4) is 0 Å². The zero-order chi connectivity index (χ0) is 10.6. The predicted molar refractivity (Wildman–Crippen MR) is 55.9 cm³/mol. The third kappa shape index (κ3) is 3.06. The number of hydrogen-bond acceptors (Lipinski definition) is 3. The lowest BCUT2D eigenvalue weighted by molar-refractivity contribution is -0.128. The number of rotatable bonds is 3. The molecule has 0 bridgehead atoms. The van der Waals surface area contributed by atoms with Crippen LogP contribution in [0.25, 0.3) is 0 Å². The number of benzene rings is 1. The first-order chi connectivity index (χ1) is 6.59. The number of carboxylic acid groups (broad SMARTS) is 1. The quantitative estimate of drug-likeness (QED) is 0.596. The fourth-order valence-electron chi connectivity index (χ4n) is 0.824. The summed E-state index contributed by atoms with van der Waals surface area (Å²) in [5.74, 6) is -1.10. The summed E-state index contributed by atoms with van der Waals surface area (Å²) in [6.45, 7) is 1.88. The van der Waals surface area contributed by atoms with Gasteiger partial charge in [0.2, 0.25) is 0 Å². The van der Waals surface area contributed by atoms with Gasteiger partial charge in [0.25, 0.3) is 0 Å². The second-order valence-corrected chi connectivity index (χ2v) is 3.08. The van der Waals surface area contributed by atoms with E-state index in [1.807, 2.05) is 13.0 Å². The zero-order valence-corrected chi connectivity index (χ0v) is 8.25. The molecule has 1 rings (SSSR count). The summed E-state index contributed by atoms with van der Waals surface area (Å²) in [5, 5.41) is 12.4. The van der Waals surface area contributed by atoms with Gasteiger partial charge in [-0.3, -0.25) is 5.43 Å². The molecule has 0 aliphatic rings. The van der Waals surface area contributed by atoms with Crippen molar-refractivity contribution < 1.29 is 9.90 Å². The first-order valence-electron chi connectivity index (χ1n) is 3.88. The average Bonchev–Trinajstić information content (AvgIpc) is 2.10. The summed E-state index contributed by atoms with van der Waals surface area (Å²) < 4.78 is 0. The topological polar surface area (TPSA) is 61.7 Å². The number of nitrogens with one attached hydrogen (secondary N) is 1. The van der Waals surface area contributed by atoms with Crippen molar-refractivity contribution in [1.29, 1.82) is 0 Å². The number of aryl methyl sites for hydroxylation is 1. The highest BCUT2D eigenvalue weighted by molar-refractivity contribution is 6.31. The Balaban J connectivity index is 2.69. The van der Waals surface area contributed by atoms with Gasteiger partial charge < -0.3 is 5.11 Å². The summed E-state index contributed by atoms with van der Waals surface area (Å²) in [4.78, 5) is 10.1. The highest BCUT2D eigenvalue weighted by atomic mass is 35.5. The maximum absolute atomic E-state index is 10.1. The summed E-state index contributed by atoms with van der Waals surface area (Å²) in [5.41, 5.74) is 4.16. The maximum atomic E-state index is 10.1. The van der Waals surface area contributed by atoms with Crippen molar-refractivity contribution >= 4 is 29.5 Å². The van der Waals surface area contributed by atoms with E-state index in [1.54, 1.807) is 12.1 Å². The number of anilines is 1. The summed E-state index contributed by atoms with van der Waals surface area (Å²) >= 11 is 5.85. The zero-order valence-electron chi connectivity index (χ0n) is 7.49. The lowest BCUT2D eigenvalue weighted by Gasteiger charge is -2.01. The van der Waals surface area contributed by atoms with E-state index >= 15 is 0 Å². The molecular weight excluding hydrogens is 204 g/mol. The standard InChI is InChI=1S/C9H9ClN2O2/c1-6-2-3-7(4-8(6)10)12-11-5-9(13)14/h2-5,12H,1H3,(H,13,14). The van der Waals surface area contributed by atoms with Gasteiger partial charge in [-0.25, -0.2) is 4.79 Å². The van der Waals surface area contributed by atoms with Gasteiger partial charge in [-0.1, -0.05) is 17.7 Å². The van der Waals surface area contributed by atoms with E-state index in [0.717, 1.165) is 11.8 Å². The first kappa shape index (κ1) is 10.5. The molecule has 0 radical (unpaired) electrons. The molecule has 74 valence electrons. The van der Waals surface area contributed by atoms with Gasteiger partial charge in [-0.2, -0.15) is 5.10 Å². The molecule has 0 spiro atoms. The van der Waals surface area contributed by atoms with Crippen LogP contribution in [0.15, 0.2) is 23.3 Å². The molecule has 0 saturated heterocycles. The van der Waals surface area contributed by atoms with Crippen LogP contribution in [0.3, 0.4) is 0 Å². The molecule has 1 aromatic carbocycles. The van der Waals surface area contributed by atoms with E-state index in [1.165, 1.54) is 0 Å². The number of halogens is 1. The van der Waals surface area contributed by atoms with Gasteiger partial charge in [-0.15, -0.1) is 0 Å². The fraction of sp³-hybridized carbons (Fsp3) is 0.111. The number of hydrazone groups is 1. The molecule has 0 saturated carbocycles. The molecular formula is C9H9ClN2O2. The third-order valence-electron chi connectivity index (χ3n) is 1.54. The Morgan fingerprint density at radius 3 is 2.93 bits per heavy atom. The van der Waals surface area contributed by atoms with E-state index in [0.29, 0.717) is 10.7 Å². The SMILES string of the molecule is Cc1ccc(NN=CC(=O)O)cc1Cl. The van der Waals surface area contributed by atoms with Crippen LogP contribution in [-0.4, -0.2) is 17.3 Å². The van der Waals surface area contributed by atoms with Gasteiger partial charge in [0.1, 0.15) is 6.21 Å². The molecule has 0 aromatic heterocycles. The number of hydrogen-bond donors (Lipinski definition) is 2. The Bertz CT molecular complexity index is 377. The minimum atomic E-state index is -1.10. The molecule has 1 aromatic rings. The van der Waals surface area contributed by atoms with Crippen molar-refractivity contribution in [3.05, 3.63) is 28.8 Å². The second kappa shape index (κ2) is 4.62. The van der Waals surface area contributed by atoms with Gasteiger partial charge in [0, 0.05) is 5.02 Å². The molecule has 0 atom stereocenters. The van der Waals surface area contributed by atoms with E-state index in [9.17, 15) is 4.79 Å². The molecule has 2 N–H and O–H groups in total. The van der Waals surface area contributed by atoms with Crippen LogP contribution in [-0.2, 0) is 4.79 Å². The smallest absolute Gasteiger partial charge is 0.348 e. The number of carbonyl (C=O) groups is 1. The van der Waals surface area contributed by atoms with Crippen LogP contribution < -0.4 is 5.43 Å². The first-order valence-corrected chi connectivity index (χ1v) is 4.25. The molecule has 0 aliphatic carbocycles. The Kier molecular flexibility index (Phi) is 3.48. The highest BCUT2D eigenvalue weighted by Crippen LogP contribution is 2.19. The van der Waals surface area contributed by atoms with Gasteiger partial charge >= 0.3 is 5.97 Å². The lowest BCUT2D eigenvalue weighted by atomic mass is 10.2. The van der Waals surface area contributed by atoms with Crippen molar-refractivity contribution in [2.24, 2.45) is 5.10 Å². The Morgan fingerprint density at radius 1 is 1.64 bits per heavy atom. The molecule has 0 amide bonds. The van der Waals surface area contributed by atoms with E-state index in [-0.39, 0.29) is 0 Å². The molecule has 4 nitrogen and oxygen atoms in total. The van der Waals surface area contributed by atoms with Gasteiger partial charge in [0.15, 0.2) is 0 Å². The average molecular weight is 213 g/mol. The fourth-order valence-corrected chi connectivity index (χ4v) is 1.00. The second-order valence-electron chi connectivity index (χ2n) is 2.67. The van der Waals surface area contributed by atoms with Gasteiger partial charge in [-0.05, 0) is 24.6 Å². The van der Waals surface area contributed by atoms with Crippen molar-refractivity contribution in [1.82, 2.24) is 0 Å². The Labute approximate surface area is 86.2 Å². The summed E-state index contributed by atoms with van der Waals surface area (Å²) in [6, 6.07) is 5.26. The summed E-state index contributed by atoms with van der Waals surface area (Å²) in [7, 11) is 0. The molecule has 0 aliphatic heterocycles. The predicted octanol–water partition coefficient (Wildman–Crippen LogP) is 2.13. The van der Waals surface area contributed by atoms with Crippen LogP contribution >= 0.6 is 11.6 Å². The lowest BCUT2D eigenvalue weighted by Crippen LogP contribution is -1.98.